The first-order chi connectivity index (χ1) is 20.4. The third-order valence-electron chi connectivity index (χ3n) is 7.10. The highest BCUT2D eigenvalue weighted by Gasteiger charge is 2.27. The summed E-state index contributed by atoms with van der Waals surface area (Å²) < 4.78 is 0. The molecule has 0 aliphatic heterocycles. The lowest BCUT2D eigenvalue weighted by atomic mass is 9.99. The average Bonchev–Trinajstić information content (AvgIpc) is 2.97. The number of terminal acetylenes is 1. The van der Waals surface area contributed by atoms with Gasteiger partial charge in [-0.2, -0.15) is 0 Å². The number of carboxylic acids is 2. The highest BCUT2D eigenvalue weighted by Crippen LogP contribution is 2.20. The summed E-state index contributed by atoms with van der Waals surface area (Å²) in [6, 6.07) is 9.34. The number of carbonyl (C=O) groups excluding carboxylic acids is 2. The second kappa shape index (κ2) is 14.6. The molecular formula is C31H35N5O7. The van der Waals surface area contributed by atoms with Crippen LogP contribution in [0.4, 0.5) is 5.69 Å². The van der Waals surface area contributed by atoms with Crippen molar-refractivity contribution in [3.8, 4) is 12.3 Å². The van der Waals surface area contributed by atoms with Crippen molar-refractivity contribution < 1.29 is 29.4 Å². The van der Waals surface area contributed by atoms with E-state index in [1.54, 1.807) is 45.0 Å². The number of nitrogens with one attached hydrogen (secondary N) is 3. The van der Waals surface area contributed by atoms with Crippen LogP contribution in [0.15, 0.2) is 47.3 Å². The Morgan fingerprint density at radius 1 is 1.07 bits per heavy atom. The Morgan fingerprint density at radius 3 is 2.37 bits per heavy atom. The minimum absolute atomic E-state index is 0.196. The van der Waals surface area contributed by atoms with Gasteiger partial charge in [0.1, 0.15) is 17.9 Å². The first kappa shape index (κ1) is 32.3. The molecule has 2 amide bonds. The monoisotopic (exact) mass is 589 g/mol. The lowest BCUT2D eigenvalue weighted by Crippen LogP contribution is -2.46. The van der Waals surface area contributed by atoms with Crippen LogP contribution in [0.3, 0.4) is 0 Å². The van der Waals surface area contributed by atoms with E-state index in [1.165, 1.54) is 12.1 Å². The average molecular weight is 590 g/mol. The third kappa shape index (κ3) is 8.65. The largest absolute Gasteiger partial charge is 0.480 e. The minimum atomic E-state index is -1.36. The van der Waals surface area contributed by atoms with Crippen molar-refractivity contribution >= 4 is 40.3 Å². The Labute approximate surface area is 248 Å². The van der Waals surface area contributed by atoms with Crippen LogP contribution in [0.2, 0.25) is 0 Å². The van der Waals surface area contributed by atoms with Crippen molar-refractivity contribution in [2.45, 2.75) is 58.7 Å². The molecule has 3 rings (SSSR count). The van der Waals surface area contributed by atoms with Crippen LogP contribution in [0.5, 0.6) is 0 Å². The molecular weight excluding hydrogens is 554 g/mol. The number of carbonyl (C=O) groups is 4. The predicted molar refractivity (Wildman–Crippen MR) is 161 cm³/mol. The summed E-state index contributed by atoms with van der Waals surface area (Å²) in [6.45, 7) is 5.83. The van der Waals surface area contributed by atoms with E-state index in [0.29, 0.717) is 35.4 Å². The molecule has 43 heavy (non-hydrogen) atoms. The fourth-order valence-corrected chi connectivity index (χ4v) is 4.50. The maximum absolute atomic E-state index is 12.8. The molecule has 12 nitrogen and oxygen atoms in total. The number of aromatic nitrogens is 2. The minimum Gasteiger partial charge on any atom is -0.480 e. The van der Waals surface area contributed by atoms with Gasteiger partial charge < -0.3 is 30.7 Å². The molecule has 0 unspecified atom stereocenters. The van der Waals surface area contributed by atoms with Gasteiger partial charge in [0.2, 0.25) is 5.91 Å². The number of H-pyrrole nitrogens is 1. The second-order valence-corrected chi connectivity index (χ2v) is 10.3. The summed E-state index contributed by atoms with van der Waals surface area (Å²) in [4.78, 5) is 69.7. The normalized spacial score (nSPS) is 12.9. The van der Waals surface area contributed by atoms with Crippen LogP contribution in [-0.2, 0) is 20.9 Å². The molecule has 2 aromatic carbocycles. The zero-order valence-electron chi connectivity index (χ0n) is 24.2. The molecule has 0 saturated heterocycles. The SMILES string of the molecule is C#CCN(Cc1ccc2nc(C)[nH]c(=O)c2c1)c1ccc(C(=O)N[C@@H](CCC(=O)N[C@H](C(=O)O)[C@@H](C)CC)C(=O)O)cc1. The smallest absolute Gasteiger partial charge is 0.326 e. The number of hydrogen-bond donors (Lipinski definition) is 5. The van der Waals surface area contributed by atoms with Gasteiger partial charge in [-0.05, 0) is 61.2 Å². The first-order valence-electron chi connectivity index (χ1n) is 13.8. The van der Waals surface area contributed by atoms with E-state index in [-0.39, 0.29) is 36.4 Å². The Morgan fingerprint density at radius 2 is 1.77 bits per heavy atom. The molecule has 5 N–H and O–H groups in total. The van der Waals surface area contributed by atoms with Crippen molar-refractivity contribution in [3.63, 3.8) is 0 Å². The lowest BCUT2D eigenvalue weighted by molar-refractivity contribution is -0.144. The summed E-state index contributed by atoms with van der Waals surface area (Å²) in [5.41, 5.74) is 2.07. The molecule has 1 aromatic heterocycles. The first-order valence-corrected chi connectivity index (χ1v) is 13.8. The Balaban J connectivity index is 1.66. The fourth-order valence-electron chi connectivity index (χ4n) is 4.50. The van der Waals surface area contributed by atoms with Crippen LogP contribution >= 0.6 is 0 Å². The number of nitrogens with zero attached hydrogens (tertiary/aromatic N) is 2. The van der Waals surface area contributed by atoms with Gasteiger partial charge in [0.25, 0.3) is 11.5 Å². The molecule has 0 aliphatic rings. The maximum Gasteiger partial charge on any atom is 0.326 e. The number of amides is 2. The molecule has 0 aliphatic carbocycles. The molecule has 1 heterocycles. The van der Waals surface area contributed by atoms with Crippen LogP contribution in [-0.4, -0.2) is 62.6 Å². The van der Waals surface area contributed by atoms with Crippen molar-refractivity contribution in [2.75, 3.05) is 11.4 Å². The second-order valence-electron chi connectivity index (χ2n) is 10.3. The van der Waals surface area contributed by atoms with Gasteiger partial charge in [-0.15, -0.1) is 6.42 Å². The van der Waals surface area contributed by atoms with Gasteiger partial charge in [-0.25, -0.2) is 14.6 Å². The molecule has 0 saturated carbocycles. The van der Waals surface area contributed by atoms with Gasteiger partial charge in [-0.3, -0.25) is 14.4 Å². The van der Waals surface area contributed by atoms with Crippen LogP contribution in [0.1, 0.15) is 54.9 Å². The maximum atomic E-state index is 12.8. The topological polar surface area (TPSA) is 182 Å². The number of fused-ring (bicyclic) bond motifs is 1. The van der Waals surface area contributed by atoms with Gasteiger partial charge in [0.15, 0.2) is 0 Å². The van der Waals surface area contributed by atoms with E-state index in [0.717, 1.165) is 5.56 Å². The van der Waals surface area contributed by atoms with Crippen LogP contribution in [0.25, 0.3) is 10.9 Å². The number of aliphatic carboxylic acids is 2. The number of benzene rings is 2. The number of aromatic amines is 1. The van der Waals surface area contributed by atoms with Gasteiger partial charge >= 0.3 is 11.9 Å². The number of hydrogen-bond acceptors (Lipinski definition) is 7. The summed E-state index contributed by atoms with van der Waals surface area (Å²) in [7, 11) is 0. The van der Waals surface area contributed by atoms with Crippen LogP contribution < -0.4 is 21.1 Å². The predicted octanol–water partition coefficient (Wildman–Crippen LogP) is 2.45. The lowest BCUT2D eigenvalue weighted by Gasteiger charge is -2.23. The van der Waals surface area contributed by atoms with Crippen molar-refractivity contribution in [1.29, 1.82) is 0 Å². The molecule has 3 aromatic rings. The van der Waals surface area contributed by atoms with Crippen LogP contribution in [0, 0.1) is 25.2 Å². The van der Waals surface area contributed by atoms with E-state index in [1.807, 2.05) is 11.0 Å². The number of anilines is 1. The number of aryl methyl sites for hydroxylation is 1. The molecule has 226 valence electrons. The molecule has 12 heteroatoms. The van der Waals surface area contributed by atoms with E-state index < -0.39 is 35.8 Å². The summed E-state index contributed by atoms with van der Waals surface area (Å²) >= 11 is 0. The zero-order valence-corrected chi connectivity index (χ0v) is 24.2. The van der Waals surface area contributed by atoms with Crippen molar-refractivity contribution in [2.24, 2.45) is 5.92 Å². The van der Waals surface area contributed by atoms with E-state index >= 15 is 0 Å². The number of carboxylic acid groups (broad SMARTS) is 2. The highest BCUT2D eigenvalue weighted by molar-refractivity contribution is 5.97. The summed E-state index contributed by atoms with van der Waals surface area (Å²) in [5.74, 6) is -0.947. The third-order valence-corrected chi connectivity index (χ3v) is 7.10. The van der Waals surface area contributed by atoms with E-state index in [4.69, 9.17) is 6.42 Å². The van der Waals surface area contributed by atoms with Crippen molar-refractivity contribution in [3.05, 3.63) is 69.8 Å². The van der Waals surface area contributed by atoms with Crippen molar-refractivity contribution in [1.82, 2.24) is 20.6 Å². The highest BCUT2D eigenvalue weighted by atomic mass is 16.4. The van der Waals surface area contributed by atoms with Gasteiger partial charge in [0, 0.05) is 24.2 Å². The Kier molecular flexibility index (Phi) is 11.0. The van der Waals surface area contributed by atoms with E-state index in [9.17, 15) is 34.2 Å². The fraction of sp³-hybridized carbons (Fsp3) is 0.355. The Bertz CT molecular complexity index is 1590. The molecule has 0 bridgehead atoms. The zero-order chi connectivity index (χ0) is 31.7. The summed E-state index contributed by atoms with van der Waals surface area (Å²) in [5, 5.41) is 24.3. The Hall–Kier alpha value is -5.18. The van der Waals surface area contributed by atoms with E-state index in [2.05, 4.69) is 26.5 Å². The standard InChI is InChI=1S/C31H35N5O7/c1-5-15-36(17-20-7-12-24-23(16-20)29(39)33-19(4)32-24)22-10-8-21(9-11-22)28(38)34-25(30(40)41)13-14-26(37)35-27(31(42)43)18(3)6-2/h1,7-12,16,18,25,27H,6,13-15,17H2,2-4H3,(H,34,38)(H,35,37)(H,40,41)(H,42,43)(H,32,33,39)/t18-,25-,27-/m0/s1. The van der Waals surface area contributed by atoms with Gasteiger partial charge in [-0.1, -0.05) is 32.3 Å². The molecule has 0 radical (unpaired) electrons. The summed E-state index contributed by atoms with van der Waals surface area (Å²) in [6.07, 6.45) is 5.62. The van der Waals surface area contributed by atoms with Gasteiger partial charge in [0.05, 0.1) is 17.4 Å². The molecule has 3 atom stereocenters. The molecule has 0 fully saturated rings. The molecule has 0 spiro atoms. The number of rotatable bonds is 14. The quantitative estimate of drug-likeness (QED) is 0.176.